The first-order chi connectivity index (χ1) is 3.79. The highest BCUT2D eigenvalue weighted by atomic mass is 19.1. The van der Waals surface area contributed by atoms with E-state index in [0.29, 0.717) is 5.69 Å². The van der Waals surface area contributed by atoms with Gasteiger partial charge in [0.1, 0.15) is 0 Å². The molecule has 0 atom stereocenters. The van der Waals surface area contributed by atoms with Crippen molar-refractivity contribution in [1.82, 2.24) is 4.98 Å². The number of halogens is 1. The van der Waals surface area contributed by atoms with Crippen LogP contribution in [0.3, 0.4) is 0 Å². The molecule has 0 amide bonds. The van der Waals surface area contributed by atoms with E-state index in [0.717, 1.165) is 0 Å². The third kappa shape index (κ3) is 1.03. The smallest absolute Gasteiger partial charge is 0.221 e. The second kappa shape index (κ2) is 1.90. The highest BCUT2D eigenvalue weighted by Crippen LogP contribution is 1.92. The minimum atomic E-state index is -0.537. The van der Waals surface area contributed by atoms with Crippen LogP contribution in [0.4, 0.5) is 4.39 Å². The fourth-order valence-corrected chi connectivity index (χ4v) is 0.455. The third-order valence-corrected chi connectivity index (χ3v) is 0.801. The first kappa shape index (κ1) is 5.22. The molecule has 0 spiro atoms. The molecule has 0 aliphatic rings. The lowest BCUT2D eigenvalue weighted by Crippen LogP contribution is -1.83. The monoisotopic (exact) mass is 110 g/mol. The summed E-state index contributed by atoms with van der Waals surface area (Å²) in [6.45, 7) is 1.73. The van der Waals surface area contributed by atoms with Gasteiger partial charge in [-0.25, -0.2) is 4.98 Å². The number of aromatic nitrogens is 1. The zero-order valence-corrected chi connectivity index (χ0v) is 4.48. The molecule has 0 N–H and O–H groups in total. The molecule has 41 valence electrons. The lowest BCUT2D eigenvalue weighted by atomic mass is 10.4. The Morgan fingerprint density at radius 1 is 1.75 bits per heavy atom. The van der Waals surface area contributed by atoms with E-state index in [1.54, 1.807) is 13.0 Å². The van der Waals surface area contributed by atoms with Crippen molar-refractivity contribution in [2.75, 3.05) is 0 Å². The molecular weight excluding hydrogens is 105 g/mol. The van der Waals surface area contributed by atoms with Gasteiger partial charge < -0.3 is 0 Å². The molecule has 1 aromatic heterocycles. The molecule has 0 bridgehead atoms. The standard InChI is InChI=1S/C6H5FN/c1-5-3-2-4-6(7)8-5/h2-3H,1H3. The maximum atomic E-state index is 12.0. The molecule has 8 heavy (non-hydrogen) atoms. The first-order valence-corrected chi connectivity index (χ1v) is 2.30. The maximum absolute atomic E-state index is 12.0. The van der Waals surface area contributed by atoms with Gasteiger partial charge >= 0.3 is 0 Å². The van der Waals surface area contributed by atoms with Crippen LogP contribution in [-0.4, -0.2) is 4.98 Å². The number of hydrogen-bond donors (Lipinski definition) is 0. The summed E-state index contributed by atoms with van der Waals surface area (Å²) in [4.78, 5) is 3.45. The maximum Gasteiger partial charge on any atom is 0.221 e. The molecule has 2 heteroatoms. The van der Waals surface area contributed by atoms with Crippen molar-refractivity contribution in [2.45, 2.75) is 6.92 Å². The minimum Gasteiger partial charge on any atom is -0.225 e. The lowest BCUT2D eigenvalue weighted by molar-refractivity contribution is 0.578. The summed E-state index contributed by atoms with van der Waals surface area (Å²) in [6.07, 6.45) is 0. The van der Waals surface area contributed by atoms with Crippen LogP contribution in [-0.2, 0) is 0 Å². The fourth-order valence-electron chi connectivity index (χ4n) is 0.455. The number of hydrogen-bond acceptors (Lipinski definition) is 1. The second-order valence-corrected chi connectivity index (χ2v) is 1.52. The van der Waals surface area contributed by atoms with Gasteiger partial charge in [0.25, 0.3) is 0 Å². The summed E-state index contributed by atoms with van der Waals surface area (Å²) in [7, 11) is 0. The van der Waals surface area contributed by atoms with E-state index in [-0.39, 0.29) is 0 Å². The van der Waals surface area contributed by atoms with Gasteiger partial charge in [0.2, 0.25) is 5.95 Å². The highest BCUT2D eigenvalue weighted by Gasteiger charge is 1.87. The second-order valence-electron chi connectivity index (χ2n) is 1.52. The summed E-state index contributed by atoms with van der Waals surface area (Å²) < 4.78 is 12.0. The molecule has 0 saturated heterocycles. The molecule has 0 saturated carbocycles. The molecule has 1 radical (unpaired) electrons. The average Bonchev–Trinajstić information content (AvgIpc) is 1.64. The molecule has 1 heterocycles. The van der Waals surface area contributed by atoms with E-state index in [9.17, 15) is 4.39 Å². The van der Waals surface area contributed by atoms with Gasteiger partial charge in [-0.3, -0.25) is 0 Å². The van der Waals surface area contributed by atoms with Crippen LogP contribution in [0.2, 0.25) is 0 Å². The van der Waals surface area contributed by atoms with E-state index >= 15 is 0 Å². The topological polar surface area (TPSA) is 12.9 Å². The lowest BCUT2D eigenvalue weighted by Gasteiger charge is -1.86. The van der Waals surface area contributed by atoms with Crippen LogP contribution in [0.25, 0.3) is 0 Å². The summed E-state index contributed by atoms with van der Waals surface area (Å²) in [5, 5.41) is 0. The molecule has 0 fully saturated rings. The third-order valence-electron chi connectivity index (χ3n) is 0.801. The zero-order valence-electron chi connectivity index (χ0n) is 4.48. The molecule has 1 rings (SSSR count). The van der Waals surface area contributed by atoms with E-state index in [2.05, 4.69) is 11.1 Å². The molecule has 1 nitrogen and oxygen atoms in total. The Kier molecular flexibility index (Phi) is 1.24. The normalized spacial score (nSPS) is 9.25. The van der Waals surface area contributed by atoms with Crippen LogP contribution in [0, 0.1) is 18.9 Å². The number of rotatable bonds is 0. The largest absolute Gasteiger partial charge is 0.225 e. The van der Waals surface area contributed by atoms with E-state index < -0.39 is 5.95 Å². The van der Waals surface area contributed by atoms with Crippen molar-refractivity contribution in [3.63, 3.8) is 0 Å². The Hall–Kier alpha value is -0.920. The molecule has 1 aromatic rings. The van der Waals surface area contributed by atoms with Crippen molar-refractivity contribution in [3.05, 3.63) is 29.8 Å². The average molecular weight is 110 g/mol. The van der Waals surface area contributed by atoms with Crippen molar-refractivity contribution < 1.29 is 4.39 Å². The number of aryl methyl sites for hydroxylation is 1. The van der Waals surface area contributed by atoms with Crippen LogP contribution >= 0.6 is 0 Å². The van der Waals surface area contributed by atoms with Crippen molar-refractivity contribution in [2.24, 2.45) is 0 Å². The summed E-state index contributed by atoms with van der Waals surface area (Å²) >= 11 is 0. The predicted molar refractivity (Wildman–Crippen MR) is 27.8 cm³/mol. The van der Waals surface area contributed by atoms with E-state index in [4.69, 9.17) is 0 Å². The molecule has 0 unspecified atom stereocenters. The van der Waals surface area contributed by atoms with Gasteiger partial charge in [-0.05, 0) is 19.1 Å². The van der Waals surface area contributed by atoms with Crippen LogP contribution in [0.5, 0.6) is 0 Å². The summed E-state index contributed by atoms with van der Waals surface area (Å²) in [5.74, 6) is -0.537. The van der Waals surface area contributed by atoms with Gasteiger partial charge in [0.05, 0.1) is 0 Å². The predicted octanol–water partition coefficient (Wildman–Crippen LogP) is 1.33. The molecular formula is C6H5FN. The van der Waals surface area contributed by atoms with Gasteiger partial charge in [0.15, 0.2) is 0 Å². The van der Waals surface area contributed by atoms with Crippen molar-refractivity contribution >= 4 is 0 Å². The number of nitrogens with zero attached hydrogens (tertiary/aromatic N) is 1. The fraction of sp³-hybridized carbons (Fsp3) is 0.167. The van der Waals surface area contributed by atoms with E-state index in [1.807, 2.05) is 0 Å². The number of pyridine rings is 1. The molecule has 0 aliphatic carbocycles. The van der Waals surface area contributed by atoms with Crippen LogP contribution in [0.1, 0.15) is 5.69 Å². The minimum absolute atomic E-state index is 0.537. The van der Waals surface area contributed by atoms with E-state index in [1.165, 1.54) is 6.07 Å². The first-order valence-electron chi connectivity index (χ1n) is 2.30. The quantitative estimate of drug-likeness (QED) is 0.459. The summed E-state index contributed by atoms with van der Waals surface area (Å²) in [6, 6.07) is 5.50. The summed E-state index contributed by atoms with van der Waals surface area (Å²) in [5.41, 5.74) is 0.682. The van der Waals surface area contributed by atoms with Crippen LogP contribution < -0.4 is 0 Å². The molecule has 0 aliphatic heterocycles. The van der Waals surface area contributed by atoms with Crippen molar-refractivity contribution in [1.29, 1.82) is 0 Å². The Labute approximate surface area is 47.2 Å². The Balaban J connectivity index is 3.08. The van der Waals surface area contributed by atoms with Crippen LogP contribution in [0.15, 0.2) is 12.1 Å². The van der Waals surface area contributed by atoms with Gasteiger partial charge in [-0.15, -0.1) is 0 Å². The Morgan fingerprint density at radius 3 is 2.88 bits per heavy atom. The molecule has 0 aromatic carbocycles. The SMILES string of the molecule is Cc1cc[c]c(F)n1. The van der Waals surface area contributed by atoms with Gasteiger partial charge in [0, 0.05) is 11.8 Å². The van der Waals surface area contributed by atoms with Gasteiger partial charge in [-0.1, -0.05) is 0 Å². The highest BCUT2D eigenvalue weighted by molar-refractivity contribution is 5.00. The Bertz CT molecular complexity index is 168. The zero-order chi connectivity index (χ0) is 5.98. The van der Waals surface area contributed by atoms with Crippen molar-refractivity contribution in [3.8, 4) is 0 Å². The van der Waals surface area contributed by atoms with Gasteiger partial charge in [-0.2, -0.15) is 4.39 Å². The Morgan fingerprint density at radius 2 is 2.50 bits per heavy atom.